The van der Waals surface area contributed by atoms with Crippen LogP contribution in [0, 0.1) is 11.3 Å². The number of carbonyl (C=O) groups is 1. The summed E-state index contributed by atoms with van der Waals surface area (Å²) < 4.78 is 39.2. The molecule has 0 spiro atoms. The molecule has 1 fully saturated rings. The third kappa shape index (κ3) is 3.94. The lowest BCUT2D eigenvalue weighted by molar-refractivity contribution is -0.138. The number of nitrogens with zero attached hydrogens (tertiary/aromatic N) is 2. The first-order valence-corrected chi connectivity index (χ1v) is 8.87. The summed E-state index contributed by atoms with van der Waals surface area (Å²) in [5.74, 6) is -0.198. The van der Waals surface area contributed by atoms with Crippen LogP contribution >= 0.6 is 0 Å². The molecule has 1 aliphatic rings. The highest BCUT2D eigenvalue weighted by atomic mass is 19.4. The van der Waals surface area contributed by atoms with E-state index in [1.165, 1.54) is 6.07 Å². The van der Waals surface area contributed by atoms with Crippen LogP contribution in [0.2, 0.25) is 0 Å². The van der Waals surface area contributed by atoms with Crippen LogP contribution in [-0.2, 0) is 22.9 Å². The van der Waals surface area contributed by atoms with Gasteiger partial charge in [0.05, 0.1) is 22.6 Å². The third-order valence-corrected chi connectivity index (χ3v) is 5.00. The van der Waals surface area contributed by atoms with E-state index in [-0.39, 0.29) is 5.91 Å². The summed E-state index contributed by atoms with van der Waals surface area (Å²) >= 11 is 0. The van der Waals surface area contributed by atoms with Crippen molar-refractivity contribution < 1.29 is 18.0 Å². The largest absolute Gasteiger partial charge is 0.416 e. The first-order chi connectivity index (χ1) is 13.3. The van der Waals surface area contributed by atoms with Gasteiger partial charge in [0.15, 0.2) is 0 Å². The van der Waals surface area contributed by atoms with Crippen molar-refractivity contribution in [1.82, 2.24) is 4.90 Å². The number of benzene rings is 2. The van der Waals surface area contributed by atoms with E-state index in [0.717, 1.165) is 17.7 Å². The molecule has 0 aromatic heterocycles. The monoisotopic (exact) mass is 384 g/mol. The number of carbonyl (C=O) groups excluding carboxylic acids is 1. The average Bonchev–Trinajstić information content (AvgIpc) is 3.49. The molecule has 3 nitrogen and oxygen atoms in total. The zero-order valence-corrected chi connectivity index (χ0v) is 15.2. The molecule has 0 N–H and O–H groups in total. The SMILES string of the molecule is C=CCN(Cc1ccc(C#N)cc1)C(=O)C1(c2cccc(C(F)(F)F)c2)CC1. The van der Waals surface area contributed by atoms with E-state index in [1.807, 2.05) is 6.07 Å². The zero-order valence-electron chi connectivity index (χ0n) is 15.2. The molecule has 0 unspecified atom stereocenters. The maximum absolute atomic E-state index is 13.3. The molecule has 1 aliphatic carbocycles. The Morgan fingerprint density at radius 2 is 1.89 bits per heavy atom. The minimum atomic E-state index is -4.45. The molecule has 0 radical (unpaired) electrons. The summed E-state index contributed by atoms with van der Waals surface area (Å²) in [7, 11) is 0. The van der Waals surface area contributed by atoms with Crippen LogP contribution in [0.15, 0.2) is 61.2 Å². The first-order valence-electron chi connectivity index (χ1n) is 8.87. The van der Waals surface area contributed by atoms with Crippen LogP contribution in [0.3, 0.4) is 0 Å². The van der Waals surface area contributed by atoms with Gasteiger partial charge < -0.3 is 4.90 Å². The first kappa shape index (κ1) is 19.7. The van der Waals surface area contributed by atoms with Crippen molar-refractivity contribution in [2.75, 3.05) is 6.54 Å². The van der Waals surface area contributed by atoms with E-state index < -0.39 is 17.2 Å². The number of nitriles is 1. The van der Waals surface area contributed by atoms with Crippen molar-refractivity contribution in [2.24, 2.45) is 0 Å². The minimum absolute atomic E-state index is 0.198. The molecule has 3 rings (SSSR count). The van der Waals surface area contributed by atoms with Crippen molar-refractivity contribution in [3.8, 4) is 6.07 Å². The van der Waals surface area contributed by atoms with Crippen molar-refractivity contribution >= 4 is 5.91 Å². The van der Waals surface area contributed by atoms with Gasteiger partial charge in [0.25, 0.3) is 0 Å². The Hall–Kier alpha value is -3.07. The maximum atomic E-state index is 13.3. The molecule has 0 saturated heterocycles. The fourth-order valence-corrected chi connectivity index (χ4v) is 3.33. The van der Waals surface area contributed by atoms with Gasteiger partial charge in [-0.1, -0.05) is 36.4 Å². The molecule has 1 amide bonds. The van der Waals surface area contributed by atoms with Crippen LogP contribution in [0.4, 0.5) is 13.2 Å². The third-order valence-electron chi connectivity index (χ3n) is 5.00. The van der Waals surface area contributed by atoms with Gasteiger partial charge in [-0.2, -0.15) is 18.4 Å². The molecule has 0 atom stereocenters. The quantitative estimate of drug-likeness (QED) is 0.670. The van der Waals surface area contributed by atoms with Crippen molar-refractivity contribution in [1.29, 1.82) is 5.26 Å². The van der Waals surface area contributed by atoms with Crippen molar-refractivity contribution in [2.45, 2.75) is 31.0 Å². The summed E-state index contributed by atoms with van der Waals surface area (Å²) in [6.07, 6.45) is -1.80. The maximum Gasteiger partial charge on any atom is 0.416 e. The molecule has 28 heavy (non-hydrogen) atoms. The van der Waals surface area contributed by atoms with Gasteiger partial charge in [0.1, 0.15) is 0 Å². The molecule has 2 aromatic carbocycles. The summed E-state index contributed by atoms with van der Waals surface area (Å²) in [5, 5.41) is 8.90. The standard InChI is InChI=1S/C22H19F3N2O/c1-2-12-27(15-17-8-6-16(14-26)7-9-17)20(28)21(10-11-21)18-4-3-5-19(13-18)22(23,24)25/h2-9,13H,1,10-12,15H2. The van der Waals surface area contributed by atoms with E-state index in [2.05, 4.69) is 6.58 Å². The molecule has 0 bridgehead atoms. The lowest BCUT2D eigenvalue weighted by atomic mass is 9.92. The van der Waals surface area contributed by atoms with Gasteiger partial charge in [-0.25, -0.2) is 0 Å². The molecular formula is C22H19F3N2O. The molecular weight excluding hydrogens is 365 g/mol. The zero-order chi connectivity index (χ0) is 20.4. The molecule has 0 heterocycles. The van der Waals surface area contributed by atoms with Gasteiger partial charge in [-0.3, -0.25) is 4.79 Å². The van der Waals surface area contributed by atoms with E-state index in [1.54, 1.807) is 41.3 Å². The Morgan fingerprint density at radius 3 is 2.43 bits per heavy atom. The van der Waals surface area contributed by atoms with Crippen molar-refractivity contribution in [3.05, 3.63) is 83.4 Å². The molecule has 0 aliphatic heterocycles. The lowest BCUT2D eigenvalue weighted by Crippen LogP contribution is -2.39. The topological polar surface area (TPSA) is 44.1 Å². The summed E-state index contributed by atoms with van der Waals surface area (Å²) in [4.78, 5) is 14.8. The fourth-order valence-electron chi connectivity index (χ4n) is 3.33. The van der Waals surface area contributed by atoms with Gasteiger partial charge >= 0.3 is 6.18 Å². The van der Waals surface area contributed by atoms with Gasteiger partial charge in [-0.05, 0) is 42.2 Å². The van der Waals surface area contributed by atoms with E-state index >= 15 is 0 Å². The smallest absolute Gasteiger partial charge is 0.334 e. The molecule has 2 aromatic rings. The fraction of sp³-hybridized carbons (Fsp3) is 0.273. The highest BCUT2D eigenvalue weighted by Gasteiger charge is 2.53. The van der Waals surface area contributed by atoms with Crippen molar-refractivity contribution in [3.63, 3.8) is 0 Å². The highest BCUT2D eigenvalue weighted by molar-refractivity contribution is 5.91. The number of alkyl halides is 3. The molecule has 6 heteroatoms. The number of hydrogen-bond acceptors (Lipinski definition) is 2. The number of hydrogen-bond donors (Lipinski definition) is 0. The van der Waals surface area contributed by atoms with E-state index in [9.17, 15) is 18.0 Å². The van der Waals surface area contributed by atoms with Crippen LogP contribution in [0.1, 0.15) is 35.1 Å². The normalized spacial score (nSPS) is 14.8. The average molecular weight is 384 g/mol. The van der Waals surface area contributed by atoms with Gasteiger partial charge in [0.2, 0.25) is 5.91 Å². The van der Waals surface area contributed by atoms with Crippen LogP contribution in [-0.4, -0.2) is 17.4 Å². The Labute approximate surface area is 161 Å². The Bertz CT molecular complexity index is 922. The Kier molecular flexibility index (Phi) is 5.28. The van der Waals surface area contributed by atoms with Crippen LogP contribution in [0.25, 0.3) is 0 Å². The van der Waals surface area contributed by atoms with Gasteiger partial charge in [-0.15, -0.1) is 6.58 Å². The van der Waals surface area contributed by atoms with Crippen LogP contribution < -0.4 is 0 Å². The van der Waals surface area contributed by atoms with Crippen LogP contribution in [0.5, 0.6) is 0 Å². The molecule has 144 valence electrons. The number of rotatable bonds is 6. The second-order valence-electron chi connectivity index (χ2n) is 6.94. The predicted octanol–water partition coefficient (Wildman–Crippen LogP) is 4.82. The number of halogens is 3. The number of amides is 1. The second kappa shape index (κ2) is 7.51. The summed E-state index contributed by atoms with van der Waals surface area (Å²) in [5.41, 5.74) is 0.117. The van der Waals surface area contributed by atoms with E-state index in [4.69, 9.17) is 5.26 Å². The van der Waals surface area contributed by atoms with Gasteiger partial charge in [0, 0.05) is 13.1 Å². The predicted molar refractivity (Wildman–Crippen MR) is 99.1 cm³/mol. The summed E-state index contributed by atoms with van der Waals surface area (Å²) in [6.45, 7) is 4.28. The lowest BCUT2D eigenvalue weighted by Gasteiger charge is -2.27. The minimum Gasteiger partial charge on any atom is -0.334 e. The van der Waals surface area contributed by atoms with E-state index in [0.29, 0.717) is 37.1 Å². The Morgan fingerprint density at radius 1 is 1.21 bits per heavy atom. The second-order valence-corrected chi connectivity index (χ2v) is 6.94. The molecule has 1 saturated carbocycles. The Balaban J connectivity index is 1.86. The highest BCUT2D eigenvalue weighted by Crippen LogP contribution is 2.50. The summed E-state index contributed by atoms with van der Waals surface area (Å²) in [6, 6.07) is 14.0.